The number of fused-ring (bicyclic) bond motifs is 1. The summed E-state index contributed by atoms with van der Waals surface area (Å²) in [5.41, 5.74) is 1.56. The number of halogens is 3. The summed E-state index contributed by atoms with van der Waals surface area (Å²) in [6.07, 6.45) is -4.78. The lowest BCUT2D eigenvalue weighted by atomic mass is 10.1. The minimum Gasteiger partial charge on any atom is -0.406 e. The summed E-state index contributed by atoms with van der Waals surface area (Å²) in [5, 5.41) is 3.08. The minimum absolute atomic E-state index is 0.216. The normalized spacial score (nSPS) is 11.4. The number of para-hydroxylation sites is 1. The minimum atomic E-state index is -4.78. The van der Waals surface area contributed by atoms with Crippen LogP contribution in [-0.2, 0) is 0 Å². The van der Waals surface area contributed by atoms with Crippen LogP contribution in [0.15, 0.2) is 77.6 Å². The molecule has 32 heavy (non-hydrogen) atoms. The molecule has 3 aromatic carbocycles. The first-order valence-corrected chi connectivity index (χ1v) is 9.47. The molecular formula is C23H16F3N3O3. The average molecular weight is 439 g/mol. The van der Waals surface area contributed by atoms with Gasteiger partial charge in [0.1, 0.15) is 11.6 Å². The number of benzene rings is 3. The molecule has 6 nitrogen and oxygen atoms in total. The van der Waals surface area contributed by atoms with Crippen molar-refractivity contribution in [3.8, 4) is 11.4 Å². The lowest BCUT2D eigenvalue weighted by Crippen LogP contribution is -2.22. The second kappa shape index (κ2) is 8.18. The molecule has 0 saturated carbocycles. The number of carbonyl (C=O) groups excluding carboxylic acids is 1. The molecule has 162 valence electrons. The molecule has 1 amide bonds. The molecule has 0 aliphatic heterocycles. The van der Waals surface area contributed by atoms with E-state index in [2.05, 4.69) is 15.0 Å². The lowest BCUT2D eigenvalue weighted by Gasteiger charge is -2.12. The SMILES string of the molecule is Cc1nc2ccccc2c(=O)n1-c1ccc(C(=O)Nc2ccc(OC(F)(F)F)cc2)cc1. The fourth-order valence-corrected chi connectivity index (χ4v) is 3.25. The van der Waals surface area contributed by atoms with Crippen LogP contribution in [0.4, 0.5) is 18.9 Å². The maximum Gasteiger partial charge on any atom is 0.573 e. The molecule has 0 unspecified atom stereocenters. The molecule has 0 spiro atoms. The maximum absolute atomic E-state index is 12.9. The Morgan fingerprint density at radius 3 is 2.28 bits per heavy atom. The Bertz CT molecular complexity index is 1350. The van der Waals surface area contributed by atoms with Gasteiger partial charge in [-0.1, -0.05) is 12.1 Å². The fraction of sp³-hybridized carbons (Fsp3) is 0.0870. The van der Waals surface area contributed by atoms with Gasteiger partial charge >= 0.3 is 6.36 Å². The van der Waals surface area contributed by atoms with Crippen molar-refractivity contribution in [3.63, 3.8) is 0 Å². The van der Waals surface area contributed by atoms with Crippen LogP contribution in [0.25, 0.3) is 16.6 Å². The Balaban J connectivity index is 1.54. The van der Waals surface area contributed by atoms with Crippen molar-refractivity contribution in [1.82, 2.24) is 9.55 Å². The third-order valence-corrected chi connectivity index (χ3v) is 4.68. The van der Waals surface area contributed by atoms with E-state index in [-0.39, 0.29) is 11.3 Å². The number of hydrogen-bond donors (Lipinski definition) is 1. The van der Waals surface area contributed by atoms with E-state index in [4.69, 9.17) is 0 Å². The van der Waals surface area contributed by atoms with E-state index < -0.39 is 12.3 Å². The van der Waals surface area contributed by atoms with Crippen LogP contribution in [0.1, 0.15) is 16.2 Å². The highest BCUT2D eigenvalue weighted by Crippen LogP contribution is 2.24. The van der Waals surface area contributed by atoms with Gasteiger partial charge in [0.2, 0.25) is 0 Å². The third-order valence-electron chi connectivity index (χ3n) is 4.68. The second-order valence-corrected chi connectivity index (χ2v) is 6.89. The van der Waals surface area contributed by atoms with Crippen LogP contribution in [0.3, 0.4) is 0 Å². The molecule has 0 saturated heterocycles. The lowest BCUT2D eigenvalue weighted by molar-refractivity contribution is -0.274. The Labute approximate surface area is 179 Å². The summed E-state index contributed by atoms with van der Waals surface area (Å²) in [7, 11) is 0. The number of amides is 1. The Morgan fingerprint density at radius 1 is 0.969 bits per heavy atom. The van der Waals surface area contributed by atoms with Crippen LogP contribution in [0, 0.1) is 6.92 Å². The molecular weight excluding hydrogens is 423 g/mol. The molecule has 9 heteroatoms. The zero-order valence-electron chi connectivity index (χ0n) is 16.7. The first-order valence-electron chi connectivity index (χ1n) is 9.47. The Morgan fingerprint density at radius 2 is 1.62 bits per heavy atom. The Kier molecular flexibility index (Phi) is 5.40. The highest BCUT2D eigenvalue weighted by Gasteiger charge is 2.31. The van der Waals surface area contributed by atoms with Gasteiger partial charge in [-0.2, -0.15) is 0 Å². The molecule has 1 aromatic heterocycles. The zero-order valence-corrected chi connectivity index (χ0v) is 16.7. The van der Waals surface area contributed by atoms with Crippen LogP contribution in [-0.4, -0.2) is 21.8 Å². The van der Waals surface area contributed by atoms with Crippen molar-refractivity contribution in [3.05, 3.63) is 94.5 Å². The van der Waals surface area contributed by atoms with Crippen molar-refractivity contribution in [2.24, 2.45) is 0 Å². The van der Waals surface area contributed by atoms with Gasteiger partial charge in [0.05, 0.1) is 16.6 Å². The van der Waals surface area contributed by atoms with Crippen molar-refractivity contribution < 1.29 is 22.7 Å². The van der Waals surface area contributed by atoms with Crippen LogP contribution < -0.4 is 15.6 Å². The number of anilines is 1. The molecule has 4 aromatic rings. The van der Waals surface area contributed by atoms with Gasteiger partial charge in [0.15, 0.2) is 0 Å². The van der Waals surface area contributed by atoms with E-state index in [0.29, 0.717) is 33.7 Å². The predicted octanol–water partition coefficient (Wildman–Crippen LogP) is 4.85. The molecule has 0 bridgehead atoms. The van der Waals surface area contributed by atoms with E-state index in [1.165, 1.54) is 16.7 Å². The number of ether oxygens (including phenoxy) is 1. The first-order chi connectivity index (χ1) is 15.2. The third kappa shape index (κ3) is 4.46. The topological polar surface area (TPSA) is 73.2 Å². The highest BCUT2D eigenvalue weighted by molar-refractivity contribution is 6.04. The zero-order chi connectivity index (χ0) is 22.9. The van der Waals surface area contributed by atoms with Gasteiger partial charge in [-0.15, -0.1) is 13.2 Å². The van der Waals surface area contributed by atoms with Crippen molar-refractivity contribution in [2.45, 2.75) is 13.3 Å². The van der Waals surface area contributed by atoms with E-state index >= 15 is 0 Å². The average Bonchev–Trinajstić information content (AvgIpc) is 2.74. The molecule has 1 N–H and O–H groups in total. The second-order valence-electron chi connectivity index (χ2n) is 6.89. The van der Waals surface area contributed by atoms with Gasteiger partial charge in [0.25, 0.3) is 11.5 Å². The van der Waals surface area contributed by atoms with Crippen LogP contribution >= 0.6 is 0 Å². The van der Waals surface area contributed by atoms with Crippen LogP contribution in [0.5, 0.6) is 5.75 Å². The van der Waals surface area contributed by atoms with Gasteiger partial charge in [-0.25, -0.2) is 4.98 Å². The highest BCUT2D eigenvalue weighted by atomic mass is 19.4. The summed E-state index contributed by atoms with van der Waals surface area (Å²) < 4.78 is 42.0. The number of carbonyl (C=O) groups is 1. The number of aromatic nitrogens is 2. The molecule has 1 heterocycles. The molecule has 0 aliphatic rings. The van der Waals surface area contributed by atoms with Gasteiger partial charge < -0.3 is 10.1 Å². The number of rotatable bonds is 4. The summed E-state index contributed by atoms with van der Waals surface area (Å²) >= 11 is 0. The summed E-state index contributed by atoms with van der Waals surface area (Å²) in [6.45, 7) is 1.72. The van der Waals surface area contributed by atoms with Gasteiger partial charge in [-0.3, -0.25) is 14.2 Å². The van der Waals surface area contributed by atoms with Crippen molar-refractivity contribution in [2.75, 3.05) is 5.32 Å². The smallest absolute Gasteiger partial charge is 0.406 e. The Hall–Kier alpha value is -4.14. The van der Waals surface area contributed by atoms with E-state index in [9.17, 15) is 22.8 Å². The number of hydrogen-bond acceptors (Lipinski definition) is 4. The van der Waals surface area contributed by atoms with Crippen molar-refractivity contribution in [1.29, 1.82) is 0 Å². The molecule has 0 aliphatic carbocycles. The number of nitrogens with zero attached hydrogens (tertiary/aromatic N) is 2. The molecule has 4 rings (SSSR count). The van der Waals surface area contributed by atoms with Crippen LogP contribution in [0.2, 0.25) is 0 Å². The summed E-state index contributed by atoms with van der Waals surface area (Å²) in [4.78, 5) is 29.8. The quantitative estimate of drug-likeness (QED) is 0.494. The van der Waals surface area contributed by atoms with E-state index in [1.54, 1.807) is 49.4 Å². The number of nitrogens with one attached hydrogen (secondary N) is 1. The monoisotopic (exact) mass is 439 g/mol. The van der Waals surface area contributed by atoms with Gasteiger partial charge in [0, 0.05) is 11.3 Å². The van der Waals surface area contributed by atoms with Gasteiger partial charge in [-0.05, 0) is 67.6 Å². The van der Waals surface area contributed by atoms with E-state index in [1.807, 2.05) is 6.07 Å². The van der Waals surface area contributed by atoms with Crippen molar-refractivity contribution >= 4 is 22.5 Å². The largest absolute Gasteiger partial charge is 0.573 e. The maximum atomic E-state index is 12.9. The molecule has 0 fully saturated rings. The number of aryl methyl sites for hydroxylation is 1. The first kappa shape index (κ1) is 21.1. The summed E-state index contributed by atoms with van der Waals surface area (Å²) in [5.74, 6) is -0.335. The standard InChI is InChI=1S/C23H16F3N3O3/c1-14-27-20-5-3-2-4-19(20)22(31)29(14)17-10-6-15(7-11-17)21(30)28-16-8-12-18(13-9-16)32-23(24,25)26/h2-13H,1H3,(H,28,30). The number of alkyl halides is 3. The van der Waals surface area contributed by atoms with E-state index in [0.717, 1.165) is 12.1 Å². The molecule has 0 atom stereocenters. The summed E-state index contributed by atoms with van der Waals surface area (Å²) in [6, 6.07) is 18.2. The molecule has 0 radical (unpaired) electrons. The predicted molar refractivity (Wildman–Crippen MR) is 113 cm³/mol. The fourth-order valence-electron chi connectivity index (χ4n) is 3.25.